The van der Waals surface area contributed by atoms with Gasteiger partial charge in [0, 0.05) is 45.2 Å². The summed E-state index contributed by atoms with van der Waals surface area (Å²) in [5, 5.41) is 6.46. The molecule has 3 rings (SSSR count). The van der Waals surface area contributed by atoms with E-state index in [-0.39, 0.29) is 0 Å². The van der Waals surface area contributed by atoms with Crippen LogP contribution in [0.5, 0.6) is 0 Å². The molecule has 0 spiro atoms. The Bertz CT molecular complexity index is 278. The largest absolute Gasteiger partial charge is 0.355 e. The van der Waals surface area contributed by atoms with Gasteiger partial charge in [0.2, 0.25) is 5.91 Å². The van der Waals surface area contributed by atoms with E-state index in [1.54, 1.807) is 0 Å². The lowest BCUT2D eigenvalue weighted by atomic mass is 10.1. The average Bonchev–Trinajstić information content (AvgIpc) is 2.84. The van der Waals surface area contributed by atoms with Crippen LogP contribution in [-0.4, -0.2) is 50.1 Å². The molecule has 1 saturated heterocycles. The van der Waals surface area contributed by atoms with Crippen LogP contribution in [0.1, 0.15) is 19.3 Å². The molecule has 17 heavy (non-hydrogen) atoms. The van der Waals surface area contributed by atoms with Crippen molar-refractivity contribution in [1.29, 1.82) is 0 Å². The molecular weight excluding hydrogens is 214 g/mol. The molecule has 0 radical (unpaired) electrons. The van der Waals surface area contributed by atoms with Crippen LogP contribution in [0.4, 0.5) is 0 Å². The third-order valence-electron chi connectivity index (χ3n) is 4.65. The highest BCUT2D eigenvalue weighted by Crippen LogP contribution is 2.57. The molecule has 0 aromatic carbocycles. The second-order valence-electron chi connectivity index (χ2n) is 5.67. The van der Waals surface area contributed by atoms with Crippen LogP contribution in [-0.2, 0) is 4.79 Å². The summed E-state index contributed by atoms with van der Waals surface area (Å²) >= 11 is 0. The summed E-state index contributed by atoms with van der Waals surface area (Å²) in [6, 6.07) is 0. The van der Waals surface area contributed by atoms with E-state index in [2.05, 4.69) is 15.5 Å². The lowest BCUT2D eigenvalue weighted by molar-refractivity contribution is -0.123. The Morgan fingerprint density at radius 3 is 2.65 bits per heavy atom. The van der Waals surface area contributed by atoms with E-state index in [0.29, 0.717) is 11.8 Å². The van der Waals surface area contributed by atoms with E-state index >= 15 is 0 Å². The van der Waals surface area contributed by atoms with Gasteiger partial charge in [0.05, 0.1) is 0 Å². The summed E-state index contributed by atoms with van der Waals surface area (Å²) in [6.45, 7) is 6.24. The Kier molecular flexibility index (Phi) is 3.34. The van der Waals surface area contributed by atoms with Crippen LogP contribution >= 0.6 is 0 Å². The van der Waals surface area contributed by atoms with Crippen molar-refractivity contribution in [2.75, 3.05) is 39.3 Å². The quantitative estimate of drug-likeness (QED) is 0.726. The minimum atomic E-state index is 0.329. The summed E-state index contributed by atoms with van der Waals surface area (Å²) in [4.78, 5) is 14.3. The molecule has 0 bridgehead atoms. The molecule has 96 valence electrons. The minimum Gasteiger partial charge on any atom is -0.355 e. The van der Waals surface area contributed by atoms with Crippen LogP contribution < -0.4 is 10.6 Å². The molecule has 2 unspecified atom stereocenters. The van der Waals surface area contributed by atoms with Crippen molar-refractivity contribution in [1.82, 2.24) is 15.5 Å². The maximum atomic E-state index is 11.9. The summed E-state index contributed by atoms with van der Waals surface area (Å²) < 4.78 is 0. The van der Waals surface area contributed by atoms with Crippen molar-refractivity contribution in [2.24, 2.45) is 17.8 Å². The zero-order valence-corrected chi connectivity index (χ0v) is 10.5. The van der Waals surface area contributed by atoms with E-state index in [4.69, 9.17) is 0 Å². The van der Waals surface area contributed by atoms with Crippen molar-refractivity contribution in [2.45, 2.75) is 19.3 Å². The number of nitrogens with zero attached hydrogens (tertiary/aromatic N) is 1. The zero-order chi connectivity index (χ0) is 11.7. The van der Waals surface area contributed by atoms with Gasteiger partial charge < -0.3 is 10.6 Å². The third kappa shape index (κ3) is 2.47. The summed E-state index contributed by atoms with van der Waals surface area (Å²) in [6.07, 6.45) is 3.93. The van der Waals surface area contributed by atoms with Crippen molar-refractivity contribution in [3.63, 3.8) is 0 Å². The fraction of sp³-hybridized carbons (Fsp3) is 0.923. The van der Waals surface area contributed by atoms with Gasteiger partial charge in [0.25, 0.3) is 0 Å². The maximum Gasteiger partial charge on any atom is 0.223 e. The standard InChI is InChI=1S/C13H23N3O/c17-13(12-10-2-1-3-11(10)12)15-6-9-16-7-4-14-5-8-16/h10-12,14H,1-9H2,(H,15,17). The maximum absolute atomic E-state index is 11.9. The predicted octanol–water partition coefficient (Wildman–Crippen LogP) is 0.0539. The normalized spacial score (nSPS) is 36.6. The Balaban J connectivity index is 1.33. The fourth-order valence-corrected chi connectivity index (χ4v) is 3.60. The lowest BCUT2D eigenvalue weighted by Gasteiger charge is -2.27. The van der Waals surface area contributed by atoms with E-state index in [1.165, 1.54) is 19.3 Å². The number of fused-ring (bicyclic) bond motifs is 1. The molecule has 2 saturated carbocycles. The highest BCUT2D eigenvalue weighted by molar-refractivity contribution is 5.82. The molecular formula is C13H23N3O. The number of carbonyl (C=O) groups excluding carboxylic acids is 1. The molecule has 4 heteroatoms. The van der Waals surface area contributed by atoms with E-state index < -0.39 is 0 Å². The van der Waals surface area contributed by atoms with Gasteiger partial charge in [-0.05, 0) is 24.7 Å². The summed E-state index contributed by atoms with van der Waals surface area (Å²) in [7, 11) is 0. The second kappa shape index (κ2) is 4.94. The first-order valence-electron chi connectivity index (χ1n) is 7.07. The van der Waals surface area contributed by atoms with Gasteiger partial charge >= 0.3 is 0 Å². The zero-order valence-electron chi connectivity index (χ0n) is 10.5. The lowest BCUT2D eigenvalue weighted by Crippen LogP contribution is -2.46. The molecule has 1 amide bonds. The molecule has 0 aromatic heterocycles. The molecule has 2 aliphatic carbocycles. The molecule has 2 N–H and O–H groups in total. The SMILES string of the molecule is O=C(NCCN1CCNCC1)C1C2CCCC21. The monoisotopic (exact) mass is 237 g/mol. The van der Waals surface area contributed by atoms with Gasteiger partial charge in [-0.25, -0.2) is 0 Å². The van der Waals surface area contributed by atoms with Crippen LogP contribution in [0.3, 0.4) is 0 Å². The third-order valence-corrected chi connectivity index (χ3v) is 4.65. The first-order valence-corrected chi connectivity index (χ1v) is 7.07. The van der Waals surface area contributed by atoms with Crippen LogP contribution in [0.15, 0.2) is 0 Å². The summed E-state index contributed by atoms with van der Waals surface area (Å²) in [5.74, 6) is 2.20. The molecule has 0 aromatic rings. The molecule has 1 heterocycles. The minimum absolute atomic E-state index is 0.329. The highest BCUT2D eigenvalue weighted by atomic mass is 16.2. The second-order valence-corrected chi connectivity index (χ2v) is 5.67. The Morgan fingerprint density at radius 1 is 1.24 bits per heavy atom. The van der Waals surface area contributed by atoms with Gasteiger partial charge in [-0.1, -0.05) is 6.42 Å². The smallest absolute Gasteiger partial charge is 0.223 e. The van der Waals surface area contributed by atoms with Crippen LogP contribution in [0, 0.1) is 17.8 Å². The molecule has 3 fully saturated rings. The van der Waals surface area contributed by atoms with Crippen molar-refractivity contribution < 1.29 is 4.79 Å². The number of rotatable bonds is 4. The van der Waals surface area contributed by atoms with Gasteiger partial charge in [-0.3, -0.25) is 9.69 Å². The van der Waals surface area contributed by atoms with E-state index in [0.717, 1.165) is 51.1 Å². The summed E-state index contributed by atoms with van der Waals surface area (Å²) in [5.41, 5.74) is 0. The average molecular weight is 237 g/mol. The van der Waals surface area contributed by atoms with Gasteiger partial charge in [0.15, 0.2) is 0 Å². The van der Waals surface area contributed by atoms with E-state index in [1.807, 2.05) is 0 Å². The Labute approximate surface area is 103 Å². The number of hydrogen-bond acceptors (Lipinski definition) is 3. The van der Waals surface area contributed by atoms with Crippen molar-refractivity contribution in [3.8, 4) is 0 Å². The fourth-order valence-electron chi connectivity index (χ4n) is 3.60. The molecule has 2 atom stereocenters. The molecule has 4 nitrogen and oxygen atoms in total. The number of piperazine rings is 1. The Hall–Kier alpha value is -0.610. The number of nitrogens with one attached hydrogen (secondary N) is 2. The Morgan fingerprint density at radius 2 is 1.94 bits per heavy atom. The first kappa shape index (κ1) is 11.5. The topological polar surface area (TPSA) is 44.4 Å². The van der Waals surface area contributed by atoms with Crippen LogP contribution in [0.2, 0.25) is 0 Å². The van der Waals surface area contributed by atoms with Gasteiger partial charge in [-0.2, -0.15) is 0 Å². The van der Waals surface area contributed by atoms with E-state index in [9.17, 15) is 4.79 Å². The van der Waals surface area contributed by atoms with Crippen LogP contribution in [0.25, 0.3) is 0 Å². The predicted molar refractivity (Wildman–Crippen MR) is 66.6 cm³/mol. The van der Waals surface area contributed by atoms with Gasteiger partial charge in [0.1, 0.15) is 0 Å². The number of carbonyl (C=O) groups is 1. The van der Waals surface area contributed by atoms with Crippen molar-refractivity contribution in [3.05, 3.63) is 0 Å². The molecule has 3 aliphatic rings. The number of amides is 1. The van der Waals surface area contributed by atoms with Gasteiger partial charge in [-0.15, -0.1) is 0 Å². The van der Waals surface area contributed by atoms with Crippen molar-refractivity contribution >= 4 is 5.91 Å². The highest BCUT2D eigenvalue weighted by Gasteiger charge is 2.56. The molecule has 1 aliphatic heterocycles. The number of hydrogen-bond donors (Lipinski definition) is 2. The first-order chi connectivity index (χ1) is 8.36.